The molecule has 1 saturated heterocycles. The van der Waals surface area contributed by atoms with Crippen molar-refractivity contribution >= 4 is 50.2 Å². The van der Waals surface area contributed by atoms with Crippen LogP contribution in [0.5, 0.6) is 0 Å². The van der Waals surface area contributed by atoms with Crippen molar-refractivity contribution in [2.75, 3.05) is 6.61 Å². The van der Waals surface area contributed by atoms with Crippen LogP contribution in [0.4, 0.5) is 5.69 Å². The first-order chi connectivity index (χ1) is 30.8. The van der Waals surface area contributed by atoms with Crippen LogP contribution in [-0.4, -0.2) is 65.7 Å². The van der Waals surface area contributed by atoms with Crippen LogP contribution in [0.3, 0.4) is 0 Å². The topological polar surface area (TPSA) is 144 Å². The molecule has 6 aromatic carbocycles. The van der Waals surface area contributed by atoms with E-state index < -0.39 is 61.1 Å². The van der Waals surface area contributed by atoms with Gasteiger partial charge in [0.05, 0.1) is 33.6 Å². The zero-order valence-corrected chi connectivity index (χ0v) is 35.3. The first kappa shape index (κ1) is 42.4. The highest BCUT2D eigenvalue weighted by atomic mass is 32.9. The highest BCUT2D eigenvalue weighted by molar-refractivity contribution is 7.67. The van der Waals surface area contributed by atoms with E-state index >= 15 is 0 Å². The first-order valence-electron chi connectivity index (χ1n) is 19.9. The van der Waals surface area contributed by atoms with Crippen LogP contribution in [0.25, 0.3) is 5.69 Å². The molecule has 1 fully saturated rings. The number of benzene rings is 6. The first-order valence-corrected chi connectivity index (χ1v) is 22.0. The minimum absolute atomic E-state index is 0.176. The lowest BCUT2D eigenvalue weighted by Gasteiger charge is -2.43. The Morgan fingerprint density at radius 2 is 1.00 bits per heavy atom. The molecular formula is C49H39N3O9S2. The predicted molar refractivity (Wildman–Crippen MR) is 236 cm³/mol. The van der Waals surface area contributed by atoms with Crippen molar-refractivity contribution in [1.82, 2.24) is 4.57 Å². The van der Waals surface area contributed by atoms with E-state index in [-0.39, 0.29) is 22.3 Å². The van der Waals surface area contributed by atoms with E-state index in [1.165, 1.54) is 20.7 Å². The van der Waals surface area contributed by atoms with Crippen LogP contribution in [0.15, 0.2) is 186 Å². The Morgan fingerprint density at radius 3 is 1.52 bits per heavy atom. The third-order valence-corrected chi connectivity index (χ3v) is 11.9. The summed E-state index contributed by atoms with van der Waals surface area (Å²) in [6, 6.07) is 50.3. The van der Waals surface area contributed by atoms with Gasteiger partial charge in [0.2, 0.25) is 9.60 Å². The standard InChI is InChI=1S/C49H39N3O9S2/c1-32-18-17-29-38(30-32)52-48(50-37-27-15-6-16-28-37)62-63-49(52)51-43-42(61-47(56)36-25-13-5-14-26-36)41(60-46(55)35-23-11-4-12-24-35)40(59-45(54)34-21-9-3-10-22-34)39(58-43)31-57-44(53)33-19-7-2-8-20-33/h2-30,39-43H,31H2,1H3/b50-48?,51-49-/t39-,40-,41+,42-,43-/m1/s1. The lowest BCUT2D eigenvalue weighted by molar-refractivity contribution is -0.227. The molecule has 12 nitrogen and oxygen atoms in total. The maximum Gasteiger partial charge on any atom is 0.338 e. The number of aromatic nitrogens is 1. The smallest absolute Gasteiger partial charge is 0.338 e. The van der Waals surface area contributed by atoms with Crippen molar-refractivity contribution in [3.63, 3.8) is 0 Å². The van der Waals surface area contributed by atoms with Gasteiger partial charge < -0.3 is 23.7 Å². The molecule has 1 aliphatic heterocycles. The highest BCUT2D eigenvalue weighted by Gasteiger charge is 2.53. The molecule has 8 rings (SSSR count). The van der Waals surface area contributed by atoms with E-state index in [9.17, 15) is 19.2 Å². The van der Waals surface area contributed by atoms with E-state index in [0.717, 1.165) is 11.3 Å². The number of ether oxygens (including phenoxy) is 5. The molecule has 63 heavy (non-hydrogen) atoms. The van der Waals surface area contributed by atoms with Crippen molar-refractivity contribution in [3.8, 4) is 5.69 Å². The monoisotopic (exact) mass is 877 g/mol. The number of para-hydroxylation sites is 1. The largest absolute Gasteiger partial charge is 0.459 e. The summed E-state index contributed by atoms with van der Waals surface area (Å²) in [5.74, 6) is -3.06. The third kappa shape index (κ3) is 10.4. The van der Waals surface area contributed by atoms with Gasteiger partial charge in [-0.3, -0.25) is 4.57 Å². The van der Waals surface area contributed by atoms with Gasteiger partial charge >= 0.3 is 23.9 Å². The van der Waals surface area contributed by atoms with Crippen LogP contribution < -0.4 is 9.60 Å². The van der Waals surface area contributed by atoms with Crippen molar-refractivity contribution in [3.05, 3.63) is 213 Å². The van der Waals surface area contributed by atoms with Crippen LogP contribution >= 0.6 is 20.7 Å². The van der Waals surface area contributed by atoms with Gasteiger partial charge in [0.15, 0.2) is 24.5 Å². The minimum Gasteiger partial charge on any atom is -0.459 e. The van der Waals surface area contributed by atoms with E-state index in [0.29, 0.717) is 15.3 Å². The average molecular weight is 878 g/mol. The third-order valence-electron chi connectivity index (χ3n) is 9.81. The van der Waals surface area contributed by atoms with Gasteiger partial charge in [-0.1, -0.05) is 103 Å². The zero-order chi connectivity index (χ0) is 43.5. The fourth-order valence-electron chi connectivity index (χ4n) is 6.74. The van der Waals surface area contributed by atoms with Crippen LogP contribution in [0, 0.1) is 6.92 Å². The van der Waals surface area contributed by atoms with Crippen molar-refractivity contribution in [2.24, 2.45) is 9.98 Å². The fourth-order valence-corrected chi connectivity index (χ4v) is 8.90. The molecule has 14 heteroatoms. The van der Waals surface area contributed by atoms with Gasteiger partial charge in [0.25, 0.3) is 0 Å². The van der Waals surface area contributed by atoms with E-state index in [4.69, 9.17) is 33.7 Å². The van der Waals surface area contributed by atoms with Gasteiger partial charge in [-0.15, -0.1) is 0 Å². The Hall–Kier alpha value is -7.26. The average Bonchev–Trinajstić information content (AvgIpc) is 3.72. The molecule has 7 aromatic rings. The van der Waals surface area contributed by atoms with Gasteiger partial charge in [-0.05, 0) is 106 Å². The Morgan fingerprint density at radius 1 is 0.540 bits per heavy atom. The zero-order valence-electron chi connectivity index (χ0n) is 33.7. The maximum atomic E-state index is 14.1. The number of carbonyl (C=O) groups is 4. The molecule has 0 radical (unpaired) electrons. The SMILES string of the molecule is Cc1cccc(-n2c(=Nc3ccccc3)ss/c2=N\[C@@H]2O[C@H](COC(=O)c3ccccc3)[C@@H](OC(=O)c3ccccc3)[C@H](OC(=O)c3ccccc3)[C@H]2OC(=O)c2ccccc2)c1. The molecular weight excluding hydrogens is 839 g/mol. The van der Waals surface area contributed by atoms with Crippen LogP contribution in [-0.2, 0) is 23.7 Å². The normalized spacial score (nSPS) is 18.8. The number of nitrogens with zero attached hydrogens (tertiary/aromatic N) is 3. The molecule has 316 valence electrons. The van der Waals surface area contributed by atoms with Gasteiger partial charge in [0, 0.05) is 0 Å². The van der Waals surface area contributed by atoms with Crippen molar-refractivity contribution < 1.29 is 42.9 Å². The summed E-state index contributed by atoms with van der Waals surface area (Å²) in [7, 11) is 2.65. The van der Waals surface area contributed by atoms with Crippen molar-refractivity contribution in [2.45, 2.75) is 37.6 Å². The van der Waals surface area contributed by atoms with E-state index in [1.807, 2.05) is 66.1 Å². The summed E-state index contributed by atoms with van der Waals surface area (Å²) < 4.78 is 33.1. The molecule has 2 heterocycles. The molecule has 0 bridgehead atoms. The molecule has 1 aromatic heterocycles. The van der Waals surface area contributed by atoms with Gasteiger partial charge in [-0.2, -0.15) is 0 Å². The number of aryl methyl sites for hydroxylation is 1. The van der Waals surface area contributed by atoms with Crippen molar-refractivity contribution in [1.29, 1.82) is 0 Å². The Labute approximate surface area is 369 Å². The summed E-state index contributed by atoms with van der Waals surface area (Å²) in [5.41, 5.74) is 3.25. The summed E-state index contributed by atoms with van der Waals surface area (Å²) in [6.45, 7) is 1.49. The molecule has 0 aliphatic carbocycles. The van der Waals surface area contributed by atoms with Crippen LogP contribution in [0.1, 0.15) is 47.0 Å². The number of rotatable bonds is 12. The van der Waals surface area contributed by atoms with E-state index in [1.54, 1.807) is 121 Å². The second-order valence-corrected chi connectivity index (χ2v) is 16.3. The Bertz CT molecular complexity index is 2820. The summed E-state index contributed by atoms with van der Waals surface area (Å²) in [6.07, 6.45) is -7.36. The lowest BCUT2D eigenvalue weighted by Crippen LogP contribution is -2.62. The predicted octanol–water partition coefficient (Wildman–Crippen LogP) is 8.30. The second-order valence-electron chi connectivity index (χ2n) is 14.2. The lowest BCUT2D eigenvalue weighted by atomic mass is 9.97. The fraction of sp³-hybridized carbons (Fsp3) is 0.143. The van der Waals surface area contributed by atoms with Gasteiger partial charge in [-0.25, -0.2) is 29.2 Å². The Kier molecular flexibility index (Phi) is 13.5. The van der Waals surface area contributed by atoms with Gasteiger partial charge in [0.1, 0.15) is 12.7 Å². The highest BCUT2D eigenvalue weighted by Crippen LogP contribution is 2.32. The molecule has 0 saturated carbocycles. The Balaban J connectivity index is 1.30. The quantitative estimate of drug-likeness (QED) is 0.0673. The molecule has 0 N–H and O–H groups in total. The second kappa shape index (κ2) is 20.1. The summed E-state index contributed by atoms with van der Waals surface area (Å²) in [4.78, 5) is 66.6. The number of hydrogen-bond donors (Lipinski definition) is 0. The molecule has 5 atom stereocenters. The number of carbonyl (C=O) groups excluding carboxylic acids is 4. The molecule has 0 amide bonds. The molecule has 0 spiro atoms. The van der Waals surface area contributed by atoms with Crippen LogP contribution in [0.2, 0.25) is 0 Å². The maximum absolute atomic E-state index is 14.1. The minimum atomic E-state index is -1.56. The summed E-state index contributed by atoms with van der Waals surface area (Å²) >= 11 is 0. The number of hydrogen-bond acceptors (Lipinski definition) is 13. The molecule has 0 unspecified atom stereocenters. The van der Waals surface area contributed by atoms with E-state index in [2.05, 4.69) is 0 Å². The summed E-state index contributed by atoms with van der Waals surface area (Å²) in [5, 5.41) is 0. The number of esters is 4. The molecule has 1 aliphatic rings.